The van der Waals surface area contributed by atoms with Crippen molar-refractivity contribution in [3.63, 3.8) is 0 Å². The Kier molecular flexibility index (Phi) is 2.93. The summed E-state index contributed by atoms with van der Waals surface area (Å²) in [5, 5.41) is 0.323. The Morgan fingerprint density at radius 1 is 1.36 bits per heavy atom. The number of aromatic nitrogens is 2. The SMILES string of the molecule is CC(Cl)c1ncnc(Cl)c1Cl. The Balaban J connectivity index is 3.17. The van der Waals surface area contributed by atoms with Crippen molar-refractivity contribution in [2.45, 2.75) is 12.3 Å². The number of halogens is 3. The lowest BCUT2D eigenvalue weighted by Gasteiger charge is -2.03. The van der Waals surface area contributed by atoms with Crippen molar-refractivity contribution in [2.75, 3.05) is 0 Å². The van der Waals surface area contributed by atoms with E-state index in [0.717, 1.165) is 0 Å². The van der Waals surface area contributed by atoms with E-state index in [0.29, 0.717) is 10.7 Å². The Morgan fingerprint density at radius 2 is 2.00 bits per heavy atom. The van der Waals surface area contributed by atoms with Crippen LogP contribution in [0.3, 0.4) is 0 Å². The zero-order chi connectivity index (χ0) is 8.43. The van der Waals surface area contributed by atoms with E-state index in [1.807, 2.05) is 0 Å². The third-order valence-electron chi connectivity index (χ3n) is 1.15. The first-order valence-electron chi connectivity index (χ1n) is 2.93. The molecule has 0 aliphatic rings. The van der Waals surface area contributed by atoms with Gasteiger partial charge >= 0.3 is 0 Å². The lowest BCUT2D eigenvalue weighted by atomic mass is 10.3. The van der Waals surface area contributed by atoms with E-state index in [9.17, 15) is 0 Å². The average molecular weight is 211 g/mol. The van der Waals surface area contributed by atoms with Gasteiger partial charge in [-0.1, -0.05) is 23.2 Å². The van der Waals surface area contributed by atoms with Crippen LogP contribution in [-0.4, -0.2) is 9.97 Å². The van der Waals surface area contributed by atoms with Gasteiger partial charge in [-0.3, -0.25) is 0 Å². The van der Waals surface area contributed by atoms with Crippen molar-refractivity contribution in [1.82, 2.24) is 9.97 Å². The summed E-state index contributed by atoms with van der Waals surface area (Å²) in [5.74, 6) is 0. The van der Waals surface area contributed by atoms with Gasteiger partial charge in [0.05, 0.1) is 11.1 Å². The van der Waals surface area contributed by atoms with Gasteiger partial charge < -0.3 is 0 Å². The molecule has 0 fully saturated rings. The molecule has 0 aliphatic heterocycles. The third-order valence-corrected chi connectivity index (χ3v) is 2.11. The van der Waals surface area contributed by atoms with E-state index in [1.54, 1.807) is 6.92 Å². The molecule has 0 aromatic carbocycles. The van der Waals surface area contributed by atoms with Crippen LogP contribution in [0.15, 0.2) is 6.33 Å². The molecule has 0 saturated heterocycles. The highest BCUT2D eigenvalue weighted by atomic mass is 35.5. The molecule has 1 aromatic rings. The molecule has 11 heavy (non-hydrogen) atoms. The van der Waals surface area contributed by atoms with E-state index >= 15 is 0 Å². The topological polar surface area (TPSA) is 25.8 Å². The number of hydrogen-bond donors (Lipinski definition) is 0. The molecule has 0 aliphatic carbocycles. The van der Waals surface area contributed by atoms with Gasteiger partial charge in [0.25, 0.3) is 0 Å². The Hall–Kier alpha value is -0.0500. The number of nitrogens with zero attached hydrogens (tertiary/aromatic N) is 2. The van der Waals surface area contributed by atoms with Gasteiger partial charge in [0, 0.05) is 0 Å². The van der Waals surface area contributed by atoms with Crippen LogP contribution in [0.2, 0.25) is 10.2 Å². The maximum atomic E-state index is 5.75. The molecular weight excluding hydrogens is 206 g/mol. The summed E-state index contributed by atoms with van der Waals surface area (Å²) in [7, 11) is 0. The normalized spacial score (nSPS) is 13.1. The molecule has 0 spiro atoms. The molecule has 1 aromatic heterocycles. The summed E-state index contributed by atoms with van der Waals surface area (Å²) < 4.78 is 0. The van der Waals surface area contributed by atoms with Gasteiger partial charge in [-0.2, -0.15) is 0 Å². The van der Waals surface area contributed by atoms with E-state index in [-0.39, 0.29) is 10.5 Å². The molecule has 60 valence electrons. The van der Waals surface area contributed by atoms with Crippen LogP contribution in [0.4, 0.5) is 0 Å². The van der Waals surface area contributed by atoms with Gasteiger partial charge in [0.2, 0.25) is 0 Å². The predicted molar refractivity (Wildman–Crippen MR) is 46.3 cm³/mol. The minimum absolute atomic E-state index is 0.240. The zero-order valence-corrected chi connectivity index (χ0v) is 7.95. The van der Waals surface area contributed by atoms with Crippen LogP contribution in [0.1, 0.15) is 18.0 Å². The fourth-order valence-electron chi connectivity index (χ4n) is 0.638. The molecular formula is C6H5Cl3N2. The third kappa shape index (κ3) is 1.95. The average Bonchev–Trinajstić information content (AvgIpc) is 1.94. The van der Waals surface area contributed by atoms with Crippen molar-refractivity contribution in [1.29, 1.82) is 0 Å². The Bertz CT molecular complexity index is 262. The summed E-state index contributed by atoms with van der Waals surface area (Å²) in [4.78, 5) is 7.56. The molecule has 0 saturated carbocycles. The molecule has 0 amide bonds. The smallest absolute Gasteiger partial charge is 0.151 e. The van der Waals surface area contributed by atoms with Gasteiger partial charge in [0.15, 0.2) is 5.15 Å². The van der Waals surface area contributed by atoms with Gasteiger partial charge in [0.1, 0.15) is 11.3 Å². The van der Waals surface area contributed by atoms with E-state index in [2.05, 4.69) is 9.97 Å². The lowest BCUT2D eigenvalue weighted by Crippen LogP contribution is -1.93. The maximum Gasteiger partial charge on any atom is 0.151 e. The Labute approximate surface area is 79.5 Å². The van der Waals surface area contributed by atoms with Crippen LogP contribution in [-0.2, 0) is 0 Å². The fraction of sp³-hybridized carbons (Fsp3) is 0.333. The van der Waals surface area contributed by atoms with Crippen molar-refractivity contribution < 1.29 is 0 Å². The highest BCUT2D eigenvalue weighted by molar-refractivity contribution is 6.42. The monoisotopic (exact) mass is 210 g/mol. The number of rotatable bonds is 1. The van der Waals surface area contributed by atoms with E-state index in [1.165, 1.54) is 6.33 Å². The predicted octanol–water partition coefficient (Wildman–Crippen LogP) is 3.08. The molecule has 1 heterocycles. The van der Waals surface area contributed by atoms with Gasteiger partial charge in [-0.05, 0) is 6.92 Å². The highest BCUT2D eigenvalue weighted by Gasteiger charge is 2.11. The summed E-state index contributed by atoms with van der Waals surface area (Å²) in [6, 6.07) is 0. The standard InChI is InChI=1S/C6H5Cl3N2/c1-3(7)5-4(8)6(9)11-2-10-5/h2-3H,1H3. The fourth-order valence-corrected chi connectivity index (χ4v) is 1.26. The quantitative estimate of drug-likeness (QED) is 0.527. The van der Waals surface area contributed by atoms with Crippen molar-refractivity contribution in [3.05, 3.63) is 22.2 Å². The minimum Gasteiger partial charge on any atom is -0.238 e. The summed E-state index contributed by atoms with van der Waals surface area (Å²) in [5.41, 5.74) is 0.563. The van der Waals surface area contributed by atoms with E-state index in [4.69, 9.17) is 34.8 Å². The van der Waals surface area contributed by atoms with Crippen LogP contribution in [0.5, 0.6) is 0 Å². The second-order valence-corrected chi connectivity index (χ2v) is 3.37. The molecule has 0 bridgehead atoms. The molecule has 0 N–H and O–H groups in total. The summed E-state index contributed by atoms with van der Waals surface area (Å²) >= 11 is 17.1. The largest absolute Gasteiger partial charge is 0.238 e. The number of alkyl halides is 1. The minimum atomic E-state index is -0.247. The Morgan fingerprint density at radius 3 is 2.45 bits per heavy atom. The summed E-state index contributed by atoms with van der Waals surface area (Å²) in [6.07, 6.45) is 1.34. The van der Waals surface area contributed by atoms with Crippen molar-refractivity contribution in [3.8, 4) is 0 Å². The second-order valence-electron chi connectivity index (χ2n) is 1.98. The van der Waals surface area contributed by atoms with Gasteiger partial charge in [-0.25, -0.2) is 9.97 Å². The molecule has 1 unspecified atom stereocenters. The van der Waals surface area contributed by atoms with Crippen molar-refractivity contribution in [2.24, 2.45) is 0 Å². The maximum absolute atomic E-state index is 5.75. The first-order chi connectivity index (χ1) is 5.13. The molecule has 0 radical (unpaired) electrons. The molecule has 1 rings (SSSR count). The van der Waals surface area contributed by atoms with Crippen LogP contribution >= 0.6 is 34.8 Å². The second kappa shape index (κ2) is 3.57. The zero-order valence-electron chi connectivity index (χ0n) is 5.68. The lowest BCUT2D eigenvalue weighted by molar-refractivity contribution is 0.967. The first-order valence-corrected chi connectivity index (χ1v) is 4.12. The highest BCUT2D eigenvalue weighted by Crippen LogP contribution is 2.28. The molecule has 5 heteroatoms. The number of hydrogen-bond acceptors (Lipinski definition) is 2. The van der Waals surface area contributed by atoms with Gasteiger partial charge in [-0.15, -0.1) is 11.6 Å². The van der Waals surface area contributed by atoms with Crippen LogP contribution < -0.4 is 0 Å². The first kappa shape index (κ1) is 9.04. The molecule has 1 atom stereocenters. The van der Waals surface area contributed by atoms with Crippen molar-refractivity contribution >= 4 is 34.8 Å². The summed E-state index contributed by atoms with van der Waals surface area (Å²) in [6.45, 7) is 1.77. The van der Waals surface area contributed by atoms with Crippen LogP contribution in [0.25, 0.3) is 0 Å². The molecule has 2 nitrogen and oxygen atoms in total. The van der Waals surface area contributed by atoms with E-state index < -0.39 is 0 Å². The van der Waals surface area contributed by atoms with Crippen LogP contribution in [0, 0.1) is 0 Å².